The van der Waals surface area contributed by atoms with Crippen LogP contribution in [0.4, 0.5) is 11.4 Å². The first-order valence-corrected chi connectivity index (χ1v) is 10.8. The summed E-state index contributed by atoms with van der Waals surface area (Å²) in [6.07, 6.45) is 1.09. The molecule has 0 atom stereocenters. The average molecular weight is 425 g/mol. The van der Waals surface area contributed by atoms with Gasteiger partial charge in [-0.15, -0.1) is 0 Å². The van der Waals surface area contributed by atoms with Gasteiger partial charge >= 0.3 is 5.97 Å². The Bertz CT molecular complexity index is 916. The molecule has 0 unspecified atom stereocenters. The van der Waals surface area contributed by atoms with Crippen LogP contribution >= 0.6 is 0 Å². The van der Waals surface area contributed by atoms with E-state index in [-0.39, 0.29) is 23.8 Å². The standard InChI is InChI=1S/C25H32N2O4/c1-5-30-24(29)17-27-14-15-31-22-16-20(11-12-21(22)27)26-23(28)13-8-18-6-9-19(10-7-18)25(2,3)4/h6-7,9-12,16H,5,8,13-15,17H2,1-4H3,(H,26,28). The Morgan fingerprint density at radius 2 is 1.87 bits per heavy atom. The Kier molecular flexibility index (Phi) is 7.21. The number of rotatable bonds is 7. The molecule has 2 aromatic carbocycles. The average Bonchev–Trinajstić information content (AvgIpc) is 2.72. The van der Waals surface area contributed by atoms with Crippen LogP contribution in [0.5, 0.6) is 5.75 Å². The van der Waals surface area contributed by atoms with E-state index in [0.717, 1.165) is 11.3 Å². The lowest BCUT2D eigenvalue weighted by Crippen LogP contribution is -2.37. The molecule has 6 heteroatoms. The predicted molar refractivity (Wildman–Crippen MR) is 123 cm³/mol. The Hall–Kier alpha value is -3.02. The third-order valence-electron chi connectivity index (χ3n) is 5.29. The summed E-state index contributed by atoms with van der Waals surface area (Å²) < 4.78 is 10.8. The number of aryl methyl sites for hydroxylation is 1. The van der Waals surface area contributed by atoms with Crippen LogP contribution in [-0.4, -0.2) is 38.2 Å². The molecule has 0 saturated carbocycles. The number of carbonyl (C=O) groups excluding carboxylic acids is 2. The minimum absolute atomic E-state index is 0.0426. The smallest absolute Gasteiger partial charge is 0.325 e. The lowest BCUT2D eigenvalue weighted by atomic mass is 9.86. The molecule has 1 aliphatic rings. The first-order valence-electron chi connectivity index (χ1n) is 10.8. The van der Waals surface area contributed by atoms with Crippen molar-refractivity contribution in [3.8, 4) is 5.75 Å². The summed E-state index contributed by atoms with van der Waals surface area (Å²) in [6, 6.07) is 14.0. The van der Waals surface area contributed by atoms with Crippen LogP contribution in [0.2, 0.25) is 0 Å². The molecule has 0 aliphatic carbocycles. The van der Waals surface area contributed by atoms with Gasteiger partial charge in [0.2, 0.25) is 5.91 Å². The van der Waals surface area contributed by atoms with Crippen molar-refractivity contribution in [1.29, 1.82) is 0 Å². The monoisotopic (exact) mass is 424 g/mol. The van der Waals surface area contributed by atoms with E-state index >= 15 is 0 Å². The van der Waals surface area contributed by atoms with Crippen molar-refractivity contribution >= 4 is 23.3 Å². The molecule has 1 amide bonds. The topological polar surface area (TPSA) is 67.9 Å². The maximum atomic E-state index is 12.4. The van der Waals surface area contributed by atoms with Gasteiger partial charge in [-0.2, -0.15) is 0 Å². The SMILES string of the molecule is CCOC(=O)CN1CCOc2cc(NC(=O)CCc3ccc(C(C)(C)C)cc3)ccc21. The van der Waals surface area contributed by atoms with E-state index in [1.165, 1.54) is 5.56 Å². The van der Waals surface area contributed by atoms with E-state index in [2.05, 4.69) is 50.4 Å². The third-order valence-corrected chi connectivity index (χ3v) is 5.29. The minimum atomic E-state index is -0.261. The maximum absolute atomic E-state index is 12.4. The maximum Gasteiger partial charge on any atom is 0.325 e. The molecule has 166 valence electrons. The van der Waals surface area contributed by atoms with Gasteiger partial charge in [0.1, 0.15) is 18.9 Å². The molecule has 3 rings (SSSR count). The molecule has 0 fully saturated rings. The number of esters is 1. The van der Waals surface area contributed by atoms with Crippen molar-refractivity contribution in [3.05, 3.63) is 53.6 Å². The summed E-state index contributed by atoms with van der Waals surface area (Å²) >= 11 is 0. The van der Waals surface area contributed by atoms with Crippen LogP contribution in [0.25, 0.3) is 0 Å². The Balaban J connectivity index is 1.56. The quantitative estimate of drug-likeness (QED) is 0.671. The van der Waals surface area contributed by atoms with Gasteiger partial charge in [-0.3, -0.25) is 9.59 Å². The number of nitrogens with zero attached hydrogens (tertiary/aromatic N) is 1. The fraction of sp³-hybridized carbons (Fsp3) is 0.440. The highest BCUT2D eigenvalue weighted by molar-refractivity contribution is 5.91. The summed E-state index contributed by atoms with van der Waals surface area (Å²) in [5.74, 6) is 0.355. The number of fused-ring (bicyclic) bond motifs is 1. The molecular formula is C25H32N2O4. The zero-order valence-electron chi connectivity index (χ0n) is 18.9. The van der Waals surface area contributed by atoms with E-state index < -0.39 is 0 Å². The number of amides is 1. The van der Waals surface area contributed by atoms with Crippen LogP contribution in [0.15, 0.2) is 42.5 Å². The molecule has 0 spiro atoms. The second-order valence-electron chi connectivity index (χ2n) is 8.75. The number of hydrogen-bond donors (Lipinski definition) is 1. The van der Waals surface area contributed by atoms with E-state index in [4.69, 9.17) is 9.47 Å². The van der Waals surface area contributed by atoms with Crippen LogP contribution in [-0.2, 0) is 26.2 Å². The number of nitrogens with one attached hydrogen (secondary N) is 1. The van der Waals surface area contributed by atoms with Crippen molar-refractivity contribution in [2.24, 2.45) is 0 Å². The second-order valence-corrected chi connectivity index (χ2v) is 8.75. The van der Waals surface area contributed by atoms with Gasteiger partial charge in [0.05, 0.1) is 18.8 Å². The Labute approximate surface area is 184 Å². The minimum Gasteiger partial charge on any atom is -0.489 e. The molecule has 0 bridgehead atoms. The predicted octanol–water partition coefficient (Wildman–Crippen LogP) is 4.32. The number of anilines is 2. The molecule has 6 nitrogen and oxygen atoms in total. The summed E-state index contributed by atoms with van der Waals surface area (Å²) in [6.45, 7) is 10.0. The third kappa shape index (κ3) is 6.23. The first-order chi connectivity index (χ1) is 14.8. The van der Waals surface area contributed by atoms with E-state index in [1.54, 1.807) is 6.92 Å². The fourth-order valence-electron chi connectivity index (χ4n) is 3.53. The zero-order chi connectivity index (χ0) is 22.4. The number of ether oxygens (including phenoxy) is 2. The van der Waals surface area contributed by atoms with Crippen molar-refractivity contribution in [2.75, 3.05) is 36.5 Å². The van der Waals surface area contributed by atoms with Crippen LogP contribution < -0.4 is 15.0 Å². The molecule has 0 saturated heterocycles. The van der Waals surface area contributed by atoms with Crippen LogP contribution in [0.1, 0.15) is 45.2 Å². The van der Waals surface area contributed by atoms with Gasteiger partial charge in [0.15, 0.2) is 0 Å². The molecule has 1 N–H and O–H groups in total. The Morgan fingerprint density at radius 1 is 1.13 bits per heavy atom. The number of benzene rings is 2. The van der Waals surface area contributed by atoms with Gasteiger partial charge in [-0.1, -0.05) is 45.0 Å². The van der Waals surface area contributed by atoms with Crippen LogP contribution in [0, 0.1) is 0 Å². The van der Waals surface area contributed by atoms with Crippen molar-refractivity contribution in [2.45, 2.75) is 46.0 Å². The van der Waals surface area contributed by atoms with Crippen molar-refractivity contribution in [1.82, 2.24) is 0 Å². The van der Waals surface area contributed by atoms with Gasteiger partial charge in [0, 0.05) is 18.2 Å². The first kappa shape index (κ1) is 22.7. The highest BCUT2D eigenvalue weighted by atomic mass is 16.5. The highest BCUT2D eigenvalue weighted by Crippen LogP contribution is 2.34. The second kappa shape index (κ2) is 9.86. The molecule has 1 aliphatic heterocycles. The molecule has 1 heterocycles. The van der Waals surface area contributed by atoms with Crippen LogP contribution in [0.3, 0.4) is 0 Å². The summed E-state index contributed by atoms with van der Waals surface area (Å²) in [5.41, 5.74) is 4.07. The fourth-order valence-corrected chi connectivity index (χ4v) is 3.53. The van der Waals surface area contributed by atoms with Gasteiger partial charge < -0.3 is 19.7 Å². The van der Waals surface area contributed by atoms with Gasteiger partial charge in [-0.05, 0) is 42.0 Å². The Morgan fingerprint density at radius 3 is 2.55 bits per heavy atom. The normalized spacial score (nSPS) is 13.2. The van der Waals surface area contributed by atoms with Crippen molar-refractivity contribution < 1.29 is 19.1 Å². The lowest BCUT2D eigenvalue weighted by Gasteiger charge is -2.30. The molecular weight excluding hydrogens is 392 g/mol. The molecule has 31 heavy (non-hydrogen) atoms. The molecule has 0 radical (unpaired) electrons. The largest absolute Gasteiger partial charge is 0.489 e. The lowest BCUT2D eigenvalue weighted by molar-refractivity contribution is -0.141. The van der Waals surface area contributed by atoms with E-state index in [9.17, 15) is 9.59 Å². The highest BCUT2D eigenvalue weighted by Gasteiger charge is 2.21. The summed E-state index contributed by atoms with van der Waals surface area (Å²) in [7, 11) is 0. The summed E-state index contributed by atoms with van der Waals surface area (Å²) in [4.78, 5) is 26.2. The summed E-state index contributed by atoms with van der Waals surface area (Å²) in [5, 5.41) is 2.94. The van der Waals surface area contributed by atoms with E-state index in [0.29, 0.717) is 44.0 Å². The number of hydrogen-bond acceptors (Lipinski definition) is 5. The zero-order valence-corrected chi connectivity index (χ0v) is 18.9. The van der Waals surface area contributed by atoms with Gasteiger partial charge in [-0.25, -0.2) is 0 Å². The van der Waals surface area contributed by atoms with E-state index in [1.807, 2.05) is 23.1 Å². The molecule has 2 aromatic rings. The number of carbonyl (C=O) groups is 2. The molecule has 0 aromatic heterocycles. The van der Waals surface area contributed by atoms with Crippen molar-refractivity contribution in [3.63, 3.8) is 0 Å². The van der Waals surface area contributed by atoms with Gasteiger partial charge in [0.25, 0.3) is 0 Å².